The minimum Gasteiger partial charge on any atom is -0.493 e. The van der Waals surface area contributed by atoms with Crippen molar-refractivity contribution in [1.82, 2.24) is 9.97 Å². The van der Waals surface area contributed by atoms with Gasteiger partial charge in [0.05, 0.1) is 24.8 Å². The van der Waals surface area contributed by atoms with Crippen LogP contribution in [0.15, 0.2) is 48.0 Å². The lowest BCUT2D eigenvalue weighted by molar-refractivity contribution is 0.0698. The Morgan fingerprint density at radius 2 is 1.97 bits per heavy atom. The zero-order chi connectivity index (χ0) is 22.0. The molecule has 0 unspecified atom stereocenters. The van der Waals surface area contributed by atoms with Crippen LogP contribution in [0, 0.1) is 0 Å². The molecule has 0 aliphatic rings. The molecule has 0 bridgehead atoms. The first-order valence-corrected chi connectivity index (χ1v) is 10.5. The number of hydrogen-bond acceptors (Lipinski definition) is 7. The van der Waals surface area contributed by atoms with Gasteiger partial charge >= 0.3 is 5.97 Å². The molecule has 4 rings (SSSR count). The van der Waals surface area contributed by atoms with E-state index in [1.807, 2.05) is 29.6 Å². The second kappa shape index (κ2) is 8.79. The average Bonchev–Trinajstić information content (AvgIpc) is 3.24. The van der Waals surface area contributed by atoms with Crippen molar-refractivity contribution >= 4 is 44.8 Å². The number of aromatic nitrogens is 2. The largest absolute Gasteiger partial charge is 0.493 e. The van der Waals surface area contributed by atoms with Gasteiger partial charge in [0.2, 0.25) is 0 Å². The summed E-state index contributed by atoms with van der Waals surface area (Å²) in [4.78, 5) is 21.5. The molecule has 2 aromatic heterocycles. The van der Waals surface area contributed by atoms with Gasteiger partial charge in [0, 0.05) is 29.4 Å². The van der Waals surface area contributed by atoms with Crippen LogP contribution >= 0.6 is 22.9 Å². The molecule has 0 fully saturated rings. The molecule has 2 heterocycles. The number of methoxy groups -OCH3 is 2. The molecule has 2 N–H and O–H groups in total. The third kappa shape index (κ3) is 4.26. The molecule has 9 heteroatoms. The maximum Gasteiger partial charge on any atom is 0.337 e. The zero-order valence-electron chi connectivity index (χ0n) is 16.7. The highest BCUT2D eigenvalue weighted by Gasteiger charge is 2.20. The first kappa shape index (κ1) is 20.9. The summed E-state index contributed by atoms with van der Waals surface area (Å²) in [5.74, 6) is 0.438. The van der Waals surface area contributed by atoms with E-state index in [2.05, 4.69) is 15.3 Å². The number of aromatic carboxylic acids is 1. The third-order valence-electron chi connectivity index (χ3n) is 4.70. The standard InChI is InChI=1S/C22H18ClN3O4S/c1-29-17-4-3-12(7-18(17)30-2)10-24-14-8-15(19(22(27)28)16(23)9-14)20-25-11-13-5-6-31-21(13)26-20/h3-9,11,24H,10H2,1-2H3,(H,27,28). The molecule has 0 aliphatic heterocycles. The number of rotatable bonds is 7. The van der Waals surface area contributed by atoms with Crippen molar-refractivity contribution in [2.24, 2.45) is 0 Å². The second-order valence-electron chi connectivity index (χ2n) is 6.60. The van der Waals surface area contributed by atoms with E-state index in [1.165, 1.54) is 11.3 Å². The van der Waals surface area contributed by atoms with E-state index in [9.17, 15) is 9.90 Å². The molecule has 0 radical (unpaired) electrons. The number of thiophene rings is 1. The van der Waals surface area contributed by atoms with Gasteiger partial charge < -0.3 is 19.9 Å². The fourth-order valence-electron chi connectivity index (χ4n) is 3.18. The molecule has 31 heavy (non-hydrogen) atoms. The number of halogens is 1. The van der Waals surface area contributed by atoms with Gasteiger partial charge in [-0.2, -0.15) is 0 Å². The summed E-state index contributed by atoms with van der Waals surface area (Å²) in [6.07, 6.45) is 1.68. The number of carboxylic acids is 1. The quantitative estimate of drug-likeness (QED) is 0.388. The Balaban J connectivity index is 1.68. The van der Waals surface area contributed by atoms with Crippen molar-refractivity contribution in [1.29, 1.82) is 0 Å². The van der Waals surface area contributed by atoms with Crippen LogP contribution in [0.5, 0.6) is 11.5 Å². The van der Waals surface area contributed by atoms with Crippen molar-refractivity contribution in [2.45, 2.75) is 6.54 Å². The monoisotopic (exact) mass is 455 g/mol. The van der Waals surface area contributed by atoms with Crippen molar-refractivity contribution in [3.8, 4) is 22.9 Å². The molecule has 0 saturated heterocycles. The number of nitrogens with one attached hydrogen (secondary N) is 1. The van der Waals surface area contributed by atoms with Crippen LogP contribution in [0.2, 0.25) is 5.02 Å². The molecule has 0 spiro atoms. The normalized spacial score (nSPS) is 10.8. The molecular formula is C22H18ClN3O4S. The number of carboxylic acid groups (broad SMARTS) is 1. The lowest BCUT2D eigenvalue weighted by atomic mass is 10.0. The van der Waals surface area contributed by atoms with Gasteiger partial charge in [-0.1, -0.05) is 17.7 Å². The van der Waals surface area contributed by atoms with Gasteiger partial charge in [-0.05, 0) is 41.3 Å². The van der Waals surface area contributed by atoms with E-state index in [-0.39, 0.29) is 10.6 Å². The Kier molecular flexibility index (Phi) is 5.92. The lowest BCUT2D eigenvalue weighted by Gasteiger charge is -2.14. The minimum atomic E-state index is -1.14. The fraction of sp³-hybridized carbons (Fsp3) is 0.136. The molecule has 158 valence electrons. The Morgan fingerprint density at radius 3 is 2.71 bits per heavy atom. The fourth-order valence-corrected chi connectivity index (χ4v) is 4.22. The first-order valence-electron chi connectivity index (χ1n) is 9.22. The molecule has 4 aromatic rings. The second-order valence-corrected chi connectivity index (χ2v) is 7.91. The van der Waals surface area contributed by atoms with Crippen LogP contribution in [0.25, 0.3) is 21.6 Å². The maximum absolute atomic E-state index is 11.9. The van der Waals surface area contributed by atoms with E-state index in [4.69, 9.17) is 21.1 Å². The topological polar surface area (TPSA) is 93.6 Å². The Hall–Kier alpha value is -3.36. The molecule has 0 amide bonds. The number of carbonyl (C=O) groups is 1. The molecule has 0 atom stereocenters. The number of fused-ring (bicyclic) bond motifs is 1. The van der Waals surface area contributed by atoms with Crippen LogP contribution in [-0.2, 0) is 6.54 Å². The van der Waals surface area contributed by atoms with Crippen molar-refractivity contribution in [3.05, 3.63) is 64.1 Å². The highest BCUT2D eigenvalue weighted by Crippen LogP contribution is 2.33. The molecule has 0 aliphatic carbocycles. The zero-order valence-corrected chi connectivity index (χ0v) is 18.3. The highest BCUT2D eigenvalue weighted by molar-refractivity contribution is 7.16. The summed E-state index contributed by atoms with van der Waals surface area (Å²) in [6.45, 7) is 0.466. The average molecular weight is 456 g/mol. The van der Waals surface area contributed by atoms with Crippen molar-refractivity contribution in [3.63, 3.8) is 0 Å². The third-order valence-corrected chi connectivity index (χ3v) is 5.82. The summed E-state index contributed by atoms with van der Waals surface area (Å²) < 4.78 is 10.6. The predicted octanol–water partition coefficient (Wildman–Crippen LogP) is 5.34. The van der Waals surface area contributed by atoms with Gasteiger partial charge in [0.15, 0.2) is 17.3 Å². The SMILES string of the molecule is COc1ccc(CNc2cc(Cl)c(C(=O)O)c(-c3ncc4ccsc4n3)c2)cc1OC. The van der Waals surface area contributed by atoms with E-state index in [1.54, 1.807) is 32.5 Å². The van der Waals surface area contributed by atoms with E-state index < -0.39 is 5.97 Å². The van der Waals surface area contributed by atoms with Crippen LogP contribution < -0.4 is 14.8 Å². The molecule has 7 nitrogen and oxygen atoms in total. The summed E-state index contributed by atoms with van der Waals surface area (Å²) >= 11 is 7.80. The summed E-state index contributed by atoms with van der Waals surface area (Å²) in [5, 5.41) is 15.9. The number of anilines is 1. The number of ether oxygens (including phenoxy) is 2. The summed E-state index contributed by atoms with van der Waals surface area (Å²) in [6, 6.07) is 10.8. The number of hydrogen-bond donors (Lipinski definition) is 2. The van der Waals surface area contributed by atoms with Gasteiger partial charge in [0.1, 0.15) is 4.83 Å². The molecular weight excluding hydrogens is 438 g/mol. The van der Waals surface area contributed by atoms with Gasteiger partial charge in [-0.25, -0.2) is 14.8 Å². The van der Waals surface area contributed by atoms with Crippen LogP contribution in [-0.4, -0.2) is 35.3 Å². The van der Waals surface area contributed by atoms with E-state index >= 15 is 0 Å². The first-order chi connectivity index (χ1) is 15.0. The van der Waals surface area contributed by atoms with E-state index in [0.29, 0.717) is 35.1 Å². The van der Waals surface area contributed by atoms with Gasteiger partial charge in [0.25, 0.3) is 0 Å². The van der Waals surface area contributed by atoms with Crippen LogP contribution in [0.3, 0.4) is 0 Å². The van der Waals surface area contributed by atoms with Gasteiger partial charge in [-0.3, -0.25) is 0 Å². The minimum absolute atomic E-state index is 0.0331. The van der Waals surface area contributed by atoms with Crippen LogP contribution in [0.4, 0.5) is 5.69 Å². The summed E-state index contributed by atoms with van der Waals surface area (Å²) in [5.41, 5.74) is 1.92. The van der Waals surface area contributed by atoms with Crippen LogP contribution in [0.1, 0.15) is 15.9 Å². The lowest BCUT2D eigenvalue weighted by Crippen LogP contribution is -2.06. The molecule has 0 saturated carbocycles. The number of nitrogens with zero attached hydrogens (tertiary/aromatic N) is 2. The smallest absolute Gasteiger partial charge is 0.337 e. The Bertz CT molecular complexity index is 1280. The maximum atomic E-state index is 11.9. The Labute approximate surface area is 187 Å². The summed E-state index contributed by atoms with van der Waals surface area (Å²) in [7, 11) is 3.16. The van der Waals surface area contributed by atoms with Crippen molar-refractivity contribution < 1.29 is 19.4 Å². The van der Waals surface area contributed by atoms with E-state index in [0.717, 1.165) is 15.8 Å². The molecule has 2 aromatic carbocycles. The van der Waals surface area contributed by atoms with Gasteiger partial charge in [-0.15, -0.1) is 11.3 Å². The predicted molar refractivity (Wildman–Crippen MR) is 122 cm³/mol. The number of benzene rings is 2. The van der Waals surface area contributed by atoms with Crippen molar-refractivity contribution in [2.75, 3.05) is 19.5 Å². The Morgan fingerprint density at radius 1 is 1.16 bits per heavy atom. The highest BCUT2D eigenvalue weighted by atomic mass is 35.5.